The van der Waals surface area contributed by atoms with Crippen LogP contribution in [0.5, 0.6) is 0 Å². The number of hydrogen-bond donors (Lipinski definition) is 3. The number of nitrogens with one attached hydrogen (secondary N) is 2. The second-order valence-corrected chi connectivity index (χ2v) is 7.17. The zero-order valence-corrected chi connectivity index (χ0v) is 13.3. The molecule has 0 bridgehead atoms. The lowest BCUT2D eigenvalue weighted by Crippen LogP contribution is -2.29. The minimum atomic E-state index is -3.79. The van der Waals surface area contributed by atoms with Gasteiger partial charge in [-0.05, 0) is 30.1 Å². The van der Waals surface area contributed by atoms with E-state index in [1.807, 2.05) is 13.2 Å². The van der Waals surface area contributed by atoms with Gasteiger partial charge in [0.15, 0.2) is 0 Å². The molecule has 0 saturated heterocycles. The Hall–Kier alpha value is -1.36. The summed E-state index contributed by atoms with van der Waals surface area (Å²) in [4.78, 5) is 10.1. The first kappa shape index (κ1) is 17.7. The first-order valence-electron chi connectivity index (χ1n) is 6.05. The molecule has 0 radical (unpaired) electrons. The number of hydrogen-bond acceptors (Lipinski definition) is 7. The van der Waals surface area contributed by atoms with Gasteiger partial charge in [-0.2, -0.15) is 11.8 Å². The number of nitro groups is 1. The third kappa shape index (κ3) is 4.84. The Balaban J connectivity index is 2.98. The summed E-state index contributed by atoms with van der Waals surface area (Å²) >= 11 is 1.62. The van der Waals surface area contributed by atoms with E-state index in [0.29, 0.717) is 0 Å². The van der Waals surface area contributed by atoms with E-state index in [0.717, 1.165) is 11.8 Å². The third-order valence-electron chi connectivity index (χ3n) is 2.70. The molecule has 0 aromatic heterocycles. The predicted molar refractivity (Wildman–Crippen MR) is 83.6 cm³/mol. The maximum atomic E-state index is 12.1. The molecule has 0 spiro atoms. The largest absolute Gasteiger partial charge is 0.318 e. The van der Waals surface area contributed by atoms with Gasteiger partial charge < -0.3 is 5.43 Å². The molecule has 0 amide bonds. The van der Waals surface area contributed by atoms with Gasteiger partial charge in [-0.3, -0.25) is 16.0 Å². The van der Waals surface area contributed by atoms with Gasteiger partial charge >= 0.3 is 0 Å². The number of nitrogens with zero attached hydrogens (tertiary/aromatic N) is 1. The standard InChI is InChI=1S/C11H18N4O4S2/c1-8(7-20-2)6-13-21(18,19)9-3-4-10(14-12)11(5-9)15(16)17/h3-5,8,13-14H,6-7,12H2,1-2H3. The van der Waals surface area contributed by atoms with Crippen LogP contribution in [0.15, 0.2) is 23.1 Å². The molecule has 0 aliphatic carbocycles. The molecule has 1 aromatic carbocycles. The SMILES string of the molecule is CSCC(C)CNS(=O)(=O)c1ccc(NN)c([N+](=O)[O-])c1. The van der Waals surface area contributed by atoms with E-state index >= 15 is 0 Å². The molecule has 21 heavy (non-hydrogen) atoms. The molecule has 10 heteroatoms. The molecule has 0 aliphatic rings. The Kier molecular flexibility index (Phi) is 6.40. The van der Waals surface area contributed by atoms with Crippen molar-refractivity contribution in [2.75, 3.05) is 24.0 Å². The predicted octanol–water partition coefficient (Wildman–Crippen LogP) is 1.16. The number of thioether (sulfide) groups is 1. The van der Waals surface area contributed by atoms with Crippen molar-refractivity contribution < 1.29 is 13.3 Å². The van der Waals surface area contributed by atoms with Gasteiger partial charge in [-0.25, -0.2) is 13.1 Å². The van der Waals surface area contributed by atoms with Gasteiger partial charge in [0.2, 0.25) is 10.0 Å². The number of nitrogen functional groups attached to an aromatic ring is 1. The van der Waals surface area contributed by atoms with Crippen molar-refractivity contribution in [1.82, 2.24) is 4.72 Å². The lowest BCUT2D eigenvalue weighted by atomic mass is 10.2. The second-order valence-electron chi connectivity index (χ2n) is 4.49. The average Bonchev–Trinajstić information content (AvgIpc) is 2.44. The van der Waals surface area contributed by atoms with Crippen molar-refractivity contribution in [2.24, 2.45) is 11.8 Å². The van der Waals surface area contributed by atoms with Crippen LogP contribution in [0.3, 0.4) is 0 Å². The van der Waals surface area contributed by atoms with Crippen molar-refractivity contribution in [1.29, 1.82) is 0 Å². The summed E-state index contributed by atoms with van der Waals surface area (Å²) in [5.41, 5.74) is 1.82. The van der Waals surface area contributed by atoms with Crippen LogP contribution in [0.4, 0.5) is 11.4 Å². The Morgan fingerprint density at radius 1 is 1.48 bits per heavy atom. The molecule has 4 N–H and O–H groups in total. The summed E-state index contributed by atoms with van der Waals surface area (Å²) in [6.07, 6.45) is 1.94. The summed E-state index contributed by atoms with van der Waals surface area (Å²) < 4.78 is 26.7. The summed E-state index contributed by atoms with van der Waals surface area (Å²) in [6.45, 7) is 2.19. The molecule has 1 unspecified atom stereocenters. The van der Waals surface area contributed by atoms with Crippen molar-refractivity contribution in [3.63, 3.8) is 0 Å². The number of benzene rings is 1. The number of hydrazine groups is 1. The lowest BCUT2D eigenvalue weighted by Gasteiger charge is -2.12. The molecule has 118 valence electrons. The van der Waals surface area contributed by atoms with E-state index in [1.54, 1.807) is 11.8 Å². The Morgan fingerprint density at radius 3 is 2.67 bits per heavy atom. The average molecular weight is 334 g/mol. The fourth-order valence-corrected chi connectivity index (χ4v) is 3.50. The van der Waals surface area contributed by atoms with Gasteiger partial charge in [0.05, 0.1) is 9.82 Å². The summed E-state index contributed by atoms with van der Waals surface area (Å²) in [7, 11) is -3.79. The molecule has 1 aromatic rings. The number of rotatable bonds is 8. The number of sulfonamides is 1. The van der Waals surface area contributed by atoms with Crippen molar-refractivity contribution in [3.05, 3.63) is 28.3 Å². The lowest BCUT2D eigenvalue weighted by molar-refractivity contribution is -0.384. The zero-order chi connectivity index (χ0) is 16.0. The minimum absolute atomic E-state index is 0.0506. The van der Waals surface area contributed by atoms with E-state index in [4.69, 9.17) is 5.84 Å². The van der Waals surface area contributed by atoms with E-state index < -0.39 is 20.6 Å². The van der Waals surface area contributed by atoms with Crippen LogP contribution < -0.4 is 16.0 Å². The Morgan fingerprint density at radius 2 is 2.14 bits per heavy atom. The molecule has 0 aliphatic heterocycles. The molecular formula is C11H18N4O4S2. The van der Waals surface area contributed by atoms with Crippen LogP contribution in [0.1, 0.15) is 6.92 Å². The highest BCUT2D eigenvalue weighted by Gasteiger charge is 2.21. The molecule has 0 saturated carbocycles. The zero-order valence-electron chi connectivity index (χ0n) is 11.7. The number of anilines is 1. The first-order valence-corrected chi connectivity index (χ1v) is 8.93. The second kappa shape index (κ2) is 7.59. The highest BCUT2D eigenvalue weighted by atomic mass is 32.2. The van der Waals surface area contributed by atoms with Crippen molar-refractivity contribution >= 4 is 33.2 Å². The molecule has 1 atom stereocenters. The first-order chi connectivity index (χ1) is 9.81. The summed E-state index contributed by atoms with van der Waals surface area (Å²) in [6, 6.07) is 3.51. The fourth-order valence-electron chi connectivity index (χ4n) is 1.63. The van der Waals surface area contributed by atoms with Crippen molar-refractivity contribution in [3.8, 4) is 0 Å². The molecule has 0 fully saturated rings. The monoisotopic (exact) mass is 334 g/mol. The van der Waals surface area contributed by atoms with E-state index in [9.17, 15) is 18.5 Å². The van der Waals surface area contributed by atoms with Gasteiger partial charge in [-0.15, -0.1) is 0 Å². The maximum Gasteiger partial charge on any atom is 0.294 e. The summed E-state index contributed by atoms with van der Waals surface area (Å²) in [5, 5.41) is 10.9. The van der Waals surface area contributed by atoms with Crippen molar-refractivity contribution in [2.45, 2.75) is 11.8 Å². The van der Waals surface area contributed by atoms with Crippen LogP contribution in [0.25, 0.3) is 0 Å². The van der Waals surface area contributed by atoms with Gasteiger partial charge in [0.1, 0.15) is 5.69 Å². The number of nitro benzene ring substituents is 1. The molecular weight excluding hydrogens is 316 g/mol. The summed E-state index contributed by atoms with van der Waals surface area (Å²) in [5.74, 6) is 6.14. The highest BCUT2D eigenvalue weighted by Crippen LogP contribution is 2.26. The quantitative estimate of drug-likeness (QED) is 0.370. The molecule has 1 rings (SSSR count). The third-order valence-corrected chi connectivity index (χ3v) is 5.03. The Labute approximate surface area is 127 Å². The Bertz CT molecular complexity index is 606. The van der Waals surface area contributed by atoms with Crippen LogP contribution in [0, 0.1) is 16.0 Å². The van der Waals surface area contributed by atoms with Crippen LogP contribution in [0.2, 0.25) is 0 Å². The number of nitrogens with two attached hydrogens (primary N) is 1. The van der Waals surface area contributed by atoms with E-state index in [-0.39, 0.29) is 23.0 Å². The molecule has 8 nitrogen and oxygen atoms in total. The van der Waals surface area contributed by atoms with Crippen LogP contribution in [-0.2, 0) is 10.0 Å². The highest BCUT2D eigenvalue weighted by molar-refractivity contribution is 7.98. The van der Waals surface area contributed by atoms with Crippen LogP contribution >= 0.6 is 11.8 Å². The smallest absolute Gasteiger partial charge is 0.294 e. The van der Waals surface area contributed by atoms with Gasteiger partial charge in [0, 0.05) is 12.6 Å². The van der Waals surface area contributed by atoms with Gasteiger partial charge in [0.25, 0.3) is 5.69 Å². The molecule has 0 heterocycles. The van der Waals surface area contributed by atoms with E-state index in [1.165, 1.54) is 12.1 Å². The van der Waals surface area contributed by atoms with Gasteiger partial charge in [-0.1, -0.05) is 6.92 Å². The van der Waals surface area contributed by atoms with Crippen LogP contribution in [-0.4, -0.2) is 31.9 Å². The minimum Gasteiger partial charge on any atom is -0.318 e. The maximum absolute atomic E-state index is 12.1. The topological polar surface area (TPSA) is 127 Å². The van der Waals surface area contributed by atoms with E-state index in [2.05, 4.69) is 10.1 Å². The fraction of sp³-hybridized carbons (Fsp3) is 0.455. The normalized spacial score (nSPS) is 12.9.